The van der Waals surface area contributed by atoms with Gasteiger partial charge in [-0.1, -0.05) is 40.0 Å². The van der Waals surface area contributed by atoms with Crippen molar-refractivity contribution in [3.63, 3.8) is 0 Å². The molecule has 3 nitrogen and oxygen atoms in total. The van der Waals surface area contributed by atoms with E-state index in [1.54, 1.807) is 0 Å². The summed E-state index contributed by atoms with van der Waals surface area (Å²) in [5, 5.41) is 8.08. The highest BCUT2D eigenvalue weighted by atomic mass is 15.3. The number of nitrogens with zero attached hydrogens (tertiary/aromatic N) is 2. The Morgan fingerprint density at radius 1 is 1.32 bits per heavy atom. The highest BCUT2D eigenvalue weighted by Crippen LogP contribution is 2.20. The lowest BCUT2D eigenvalue weighted by Crippen LogP contribution is -2.36. The number of nitrogens with one attached hydrogen (secondary N) is 1. The summed E-state index contributed by atoms with van der Waals surface area (Å²) in [7, 11) is 4.16. The summed E-state index contributed by atoms with van der Waals surface area (Å²) in [6.07, 6.45) is 7.31. The van der Waals surface area contributed by atoms with Gasteiger partial charge in [0, 0.05) is 25.2 Å². The first-order valence-corrected chi connectivity index (χ1v) is 7.85. The van der Waals surface area contributed by atoms with Crippen LogP contribution in [-0.4, -0.2) is 22.9 Å². The monoisotopic (exact) mass is 265 g/mol. The molecule has 0 amide bonds. The minimum atomic E-state index is 0.566. The van der Waals surface area contributed by atoms with Gasteiger partial charge in [-0.3, -0.25) is 4.68 Å². The Hall–Kier alpha value is -0.830. The van der Waals surface area contributed by atoms with Crippen molar-refractivity contribution in [3.8, 4) is 0 Å². The molecule has 0 saturated heterocycles. The lowest BCUT2D eigenvalue weighted by atomic mass is 9.88. The van der Waals surface area contributed by atoms with Crippen LogP contribution in [0.2, 0.25) is 0 Å². The van der Waals surface area contributed by atoms with E-state index in [9.17, 15) is 0 Å². The van der Waals surface area contributed by atoms with E-state index < -0.39 is 0 Å². The number of likely N-dealkylation sites (N-methyl/N-ethyl adjacent to an activating group) is 1. The van der Waals surface area contributed by atoms with E-state index in [2.05, 4.69) is 56.0 Å². The second-order valence-corrected chi connectivity index (χ2v) is 5.51. The maximum atomic E-state index is 4.55. The van der Waals surface area contributed by atoms with Crippen LogP contribution < -0.4 is 5.32 Å². The summed E-state index contributed by atoms with van der Waals surface area (Å²) in [6.45, 7) is 6.75. The molecule has 0 aromatic carbocycles. The Bertz CT molecular complexity index is 357. The first-order valence-electron chi connectivity index (χ1n) is 7.85. The second-order valence-electron chi connectivity index (χ2n) is 5.51. The molecule has 2 unspecified atom stereocenters. The molecule has 0 spiro atoms. The summed E-state index contributed by atoms with van der Waals surface area (Å²) >= 11 is 0. The third-order valence-corrected chi connectivity index (χ3v) is 4.21. The van der Waals surface area contributed by atoms with Crippen molar-refractivity contribution in [1.82, 2.24) is 15.1 Å². The minimum absolute atomic E-state index is 0.566. The molecule has 19 heavy (non-hydrogen) atoms. The molecule has 110 valence electrons. The first-order chi connectivity index (χ1) is 9.15. The third kappa shape index (κ3) is 4.64. The van der Waals surface area contributed by atoms with Crippen LogP contribution in [0.4, 0.5) is 0 Å². The molecule has 0 aliphatic rings. The highest BCUT2D eigenvalue weighted by Gasteiger charge is 2.20. The van der Waals surface area contributed by atoms with E-state index in [1.807, 2.05) is 0 Å². The summed E-state index contributed by atoms with van der Waals surface area (Å²) in [5.41, 5.74) is 2.56. The highest BCUT2D eigenvalue weighted by molar-refractivity contribution is 5.11. The van der Waals surface area contributed by atoms with Gasteiger partial charge in [-0.15, -0.1) is 0 Å². The largest absolute Gasteiger partial charge is 0.316 e. The van der Waals surface area contributed by atoms with Crippen LogP contribution in [0.25, 0.3) is 0 Å². The molecule has 0 aliphatic heterocycles. The van der Waals surface area contributed by atoms with Gasteiger partial charge in [0.1, 0.15) is 0 Å². The van der Waals surface area contributed by atoms with Gasteiger partial charge in [0.25, 0.3) is 0 Å². The van der Waals surface area contributed by atoms with Gasteiger partial charge in [-0.2, -0.15) is 5.10 Å². The molecular weight excluding hydrogens is 234 g/mol. The van der Waals surface area contributed by atoms with E-state index in [1.165, 1.54) is 37.1 Å². The molecule has 0 saturated carbocycles. The normalized spacial score (nSPS) is 14.6. The predicted octanol–water partition coefficient (Wildman–Crippen LogP) is 3.33. The van der Waals surface area contributed by atoms with Crippen molar-refractivity contribution in [2.24, 2.45) is 13.0 Å². The predicted molar refractivity (Wildman–Crippen MR) is 82.4 cm³/mol. The minimum Gasteiger partial charge on any atom is -0.316 e. The van der Waals surface area contributed by atoms with Crippen molar-refractivity contribution >= 4 is 0 Å². The van der Waals surface area contributed by atoms with Gasteiger partial charge >= 0.3 is 0 Å². The second kappa shape index (κ2) is 8.36. The Labute approximate surface area is 118 Å². The molecule has 1 aromatic rings. The van der Waals surface area contributed by atoms with Crippen molar-refractivity contribution < 1.29 is 0 Å². The van der Waals surface area contributed by atoms with Crippen LogP contribution in [0.5, 0.6) is 0 Å². The number of unbranched alkanes of at least 4 members (excludes halogenated alkanes) is 1. The smallest absolute Gasteiger partial charge is 0.0624 e. The summed E-state index contributed by atoms with van der Waals surface area (Å²) in [4.78, 5) is 0. The zero-order valence-corrected chi connectivity index (χ0v) is 13.4. The van der Waals surface area contributed by atoms with E-state index >= 15 is 0 Å². The van der Waals surface area contributed by atoms with Gasteiger partial charge in [-0.25, -0.2) is 0 Å². The molecule has 1 aromatic heterocycles. The Kier molecular flexibility index (Phi) is 7.14. The van der Waals surface area contributed by atoms with Gasteiger partial charge < -0.3 is 5.32 Å². The van der Waals surface area contributed by atoms with Crippen molar-refractivity contribution in [1.29, 1.82) is 0 Å². The van der Waals surface area contributed by atoms with Gasteiger partial charge in [0.05, 0.1) is 5.69 Å². The lowest BCUT2D eigenvalue weighted by molar-refractivity contribution is 0.326. The van der Waals surface area contributed by atoms with Crippen LogP contribution in [-0.2, 0) is 19.9 Å². The number of aryl methyl sites for hydroxylation is 2. The van der Waals surface area contributed by atoms with Gasteiger partial charge in [-0.05, 0) is 31.9 Å². The molecule has 1 rings (SSSR count). The zero-order valence-electron chi connectivity index (χ0n) is 13.4. The number of hydrogen-bond donors (Lipinski definition) is 1. The SMILES string of the molecule is CCCCC(CC)C(Cc1cc(CC)nn1C)NC. The summed E-state index contributed by atoms with van der Waals surface area (Å²) < 4.78 is 2.05. The Morgan fingerprint density at radius 2 is 2.05 bits per heavy atom. The quantitative estimate of drug-likeness (QED) is 0.742. The van der Waals surface area contributed by atoms with E-state index in [0.717, 1.165) is 18.8 Å². The average Bonchev–Trinajstić information content (AvgIpc) is 2.78. The molecule has 3 heteroatoms. The molecule has 0 fully saturated rings. The first kappa shape index (κ1) is 16.2. The molecule has 0 bridgehead atoms. The lowest BCUT2D eigenvalue weighted by Gasteiger charge is -2.26. The number of rotatable bonds is 9. The maximum absolute atomic E-state index is 4.55. The molecule has 1 heterocycles. The van der Waals surface area contributed by atoms with Crippen LogP contribution in [0.1, 0.15) is 57.8 Å². The standard InChI is InChI=1S/C16H31N3/c1-6-9-10-13(7-2)16(17-4)12-15-11-14(8-3)18-19(15)5/h11,13,16-17H,6-10,12H2,1-5H3. The number of aromatic nitrogens is 2. The average molecular weight is 265 g/mol. The third-order valence-electron chi connectivity index (χ3n) is 4.21. The van der Waals surface area contributed by atoms with Crippen LogP contribution >= 0.6 is 0 Å². The van der Waals surface area contributed by atoms with Crippen LogP contribution in [0, 0.1) is 5.92 Å². The Morgan fingerprint density at radius 3 is 2.53 bits per heavy atom. The van der Waals surface area contributed by atoms with Crippen molar-refractivity contribution in [3.05, 3.63) is 17.5 Å². The maximum Gasteiger partial charge on any atom is 0.0624 e. The summed E-state index contributed by atoms with van der Waals surface area (Å²) in [6, 6.07) is 2.83. The Balaban J connectivity index is 2.70. The molecule has 0 radical (unpaired) electrons. The molecule has 1 N–H and O–H groups in total. The molecule has 0 aliphatic carbocycles. The van der Waals surface area contributed by atoms with E-state index in [-0.39, 0.29) is 0 Å². The van der Waals surface area contributed by atoms with Crippen molar-refractivity contribution in [2.45, 2.75) is 65.3 Å². The van der Waals surface area contributed by atoms with Crippen LogP contribution in [0.3, 0.4) is 0 Å². The fourth-order valence-electron chi connectivity index (χ4n) is 2.82. The molecular formula is C16H31N3. The zero-order chi connectivity index (χ0) is 14.3. The van der Waals surface area contributed by atoms with Gasteiger partial charge in [0.2, 0.25) is 0 Å². The van der Waals surface area contributed by atoms with E-state index in [0.29, 0.717) is 6.04 Å². The fraction of sp³-hybridized carbons (Fsp3) is 0.812. The number of hydrogen-bond acceptors (Lipinski definition) is 2. The molecule has 2 atom stereocenters. The van der Waals surface area contributed by atoms with Crippen LogP contribution in [0.15, 0.2) is 6.07 Å². The van der Waals surface area contributed by atoms with Gasteiger partial charge in [0.15, 0.2) is 0 Å². The topological polar surface area (TPSA) is 29.9 Å². The fourth-order valence-corrected chi connectivity index (χ4v) is 2.82. The summed E-state index contributed by atoms with van der Waals surface area (Å²) in [5.74, 6) is 0.768. The van der Waals surface area contributed by atoms with Crippen molar-refractivity contribution in [2.75, 3.05) is 7.05 Å². The van der Waals surface area contributed by atoms with E-state index in [4.69, 9.17) is 0 Å².